The molecular weight excluding hydrogens is 262 g/mol. The topological polar surface area (TPSA) is 47.0 Å². The van der Waals surface area contributed by atoms with Gasteiger partial charge in [-0.25, -0.2) is 0 Å². The van der Waals surface area contributed by atoms with Gasteiger partial charge < -0.3 is 10.1 Å². The van der Waals surface area contributed by atoms with E-state index >= 15 is 0 Å². The summed E-state index contributed by atoms with van der Waals surface area (Å²) in [6.07, 6.45) is 7.12. The van der Waals surface area contributed by atoms with Crippen molar-refractivity contribution in [2.75, 3.05) is 6.61 Å². The lowest BCUT2D eigenvalue weighted by atomic mass is 10.2. The lowest BCUT2D eigenvalue weighted by Gasteiger charge is -2.12. The van der Waals surface area contributed by atoms with Gasteiger partial charge >= 0.3 is 0 Å². The number of hydrogen-bond acceptors (Lipinski definition) is 4. The van der Waals surface area contributed by atoms with E-state index in [-0.39, 0.29) is 0 Å². The Kier molecular flexibility index (Phi) is 4.46. The third-order valence-electron chi connectivity index (χ3n) is 3.58. The third-order valence-corrected chi connectivity index (χ3v) is 3.58. The van der Waals surface area contributed by atoms with Crippen LogP contribution in [0.2, 0.25) is 0 Å². The van der Waals surface area contributed by atoms with Crippen LogP contribution in [-0.4, -0.2) is 22.6 Å². The number of aromatic nitrogens is 2. The molecule has 2 aromatic heterocycles. The lowest BCUT2D eigenvalue weighted by Crippen LogP contribution is -2.16. The second kappa shape index (κ2) is 6.68. The highest BCUT2D eigenvalue weighted by atomic mass is 16.5. The smallest absolute Gasteiger partial charge is 0.127 e. The number of pyridine rings is 2. The summed E-state index contributed by atoms with van der Waals surface area (Å²) in [5.74, 6) is 0.937. The number of hydrogen-bond donors (Lipinski definition) is 1. The van der Waals surface area contributed by atoms with Gasteiger partial charge in [-0.15, -0.1) is 0 Å². The Morgan fingerprint density at radius 2 is 2.19 bits per heavy atom. The van der Waals surface area contributed by atoms with E-state index in [0.717, 1.165) is 35.7 Å². The first-order valence-corrected chi connectivity index (χ1v) is 7.53. The van der Waals surface area contributed by atoms with Crippen LogP contribution in [0, 0.1) is 6.92 Å². The van der Waals surface area contributed by atoms with Gasteiger partial charge in [-0.1, -0.05) is 6.07 Å². The summed E-state index contributed by atoms with van der Waals surface area (Å²) >= 11 is 0. The molecule has 110 valence electrons. The highest BCUT2D eigenvalue weighted by Crippen LogP contribution is 2.23. The van der Waals surface area contributed by atoms with Crippen LogP contribution in [-0.2, 0) is 13.0 Å². The molecule has 0 aromatic carbocycles. The van der Waals surface area contributed by atoms with Gasteiger partial charge in [0.1, 0.15) is 5.75 Å². The van der Waals surface area contributed by atoms with E-state index in [9.17, 15) is 0 Å². The Bertz CT molecular complexity index is 582. The Balaban J connectivity index is 1.58. The van der Waals surface area contributed by atoms with Crippen molar-refractivity contribution in [3.05, 3.63) is 53.6 Å². The molecule has 1 aliphatic rings. The molecule has 0 spiro atoms. The van der Waals surface area contributed by atoms with E-state index in [4.69, 9.17) is 4.74 Å². The monoisotopic (exact) mass is 283 g/mol. The van der Waals surface area contributed by atoms with Crippen molar-refractivity contribution in [2.24, 2.45) is 0 Å². The predicted molar refractivity (Wildman–Crippen MR) is 82.3 cm³/mol. The van der Waals surface area contributed by atoms with E-state index in [1.807, 2.05) is 43.6 Å². The van der Waals surface area contributed by atoms with Crippen molar-refractivity contribution >= 4 is 0 Å². The maximum atomic E-state index is 5.95. The molecule has 21 heavy (non-hydrogen) atoms. The van der Waals surface area contributed by atoms with E-state index in [2.05, 4.69) is 15.3 Å². The Morgan fingerprint density at radius 1 is 1.29 bits per heavy atom. The molecule has 0 unspecified atom stereocenters. The number of ether oxygens (including phenoxy) is 1. The first-order chi connectivity index (χ1) is 10.3. The molecule has 0 atom stereocenters. The van der Waals surface area contributed by atoms with Crippen LogP contribution in [0.4, 0.5) is 0 Å². The quantitative estimate of drug-likeness (QED) is 0.848. The van der Waals surface area contributed by atoms with Crippen molar-refractivity contribution in [2.45, 2.75) is 38.8 Å². The van der Waals surface area contributed by atoms with Crippen molar-refractivity contribution < 1.29 is 4.74 Å². The van der Waals surface area contributed by atoms with Gasteiger partial charge in [0, 0.05) is 54.4 Å². The second-order valence-electron chi connectivity index (χ2n) is 5.51. The van der Waals surface area contributed by atoms with Gasteiger partial charge in [0.2, 0.25) is 0 Å². The zero-order valence-electron chi connectivity index (χ0n) is 12.4. The van der Waals surface area contributed by atoms with Gasteiger partial charge in [0.15, 0.2) is 0 Å². The van der Waals surface area contributed by atoms with Crippen LogP contribution in [0.25, 0.3) is 0 Å². The van der Waals surface area contributed by atoms with E-state index in [1.165, 1.54) is 12.8 Å². The molecule has 3 rings (SSSR count). The second-order valence-corrected chi connectivity index (χ2v) is 5.51. The molecule has 4 heteroatoms. The van der Waals surface area contributed by atoms with E-state index in [0.29, 0.717) is 12.6 Å². The molecule has 2 aromatic rings. The average molecular weight is 283 g/mol. The predicted octanol–water partition coefficient (Wildman–Crippen LogP) is 2.66. The van der Waals surface area contributed by atoms with Crippen LogP contribution in [0.5, 0.6) is 5.75 Å². The number of rotatable bonds is 7. The van der Waals surface area contributed by atoms with Gasteiger partial charge in [-0.3, -0.25) is 9.97 Å². The molecule has 1 N–H and O–H groups in total. The average Bonchev–Trinajstić information content (AvgIpc) is 3.32. The summed E-state index contributed by atoms with van der Waals surface area (Å²) < 4.78 is 5.95. The van der Waals surface area contributed by atoms with Crippen molar-refractivity contribution in [3.63, 3.8) is 0 Å². The van der Waals surface area contributed by atoms with Crippen LogP contribution in [0.1, 0.15) is 29.8 Å². The largest absolute Gasteiger partial charge is 0.493 e. The normalized spacial score (nSPS) is 14.1. The van der Waals surface area contributed by atoms with E-state index < -0.39 is 0 Å². The SMILES string of the molecule is Cc1cc(OCCc2ccccn2)c(CNC2CC2)cn1. The summed E-state index contributed by atoms with van der Waals surface area (Å²) in [5, 5.41) is 3.51. The number of aryl methyl sites for hydroxylation is 1. The Hall–Kier alpha value is -1.94. The highest BCUT2D eigenvalue weighted by molar-refractivity contribution is 5.33. The standard InChI is InChI=1S/C17H21N3O/c1-13-10-17(14(11-19-13)12-20-16-5-6-16)21-9-7-15-4-2-3-8-18-15/h2-4,8,10-11,16,20H,5-7,9,12H2,1H3. The molecule has 0 aliphatic heterocycles. The Morgan fingerprint density at radius 3 is 2.95 bits per heavy atom. The van der Waals surface area contributed by atoms with Crippen LogP contribution in [0.15, 0.2) is 36.7 Å². The molecule has 1 saturated carbocycles. The number of nitrogens with zero attached hydrogens (tertiary/aromatic N) is 2. The van der Waals surface area contributed by atoms with Crippen LogP contribution < -0.4 is 10.1 Å². The van der Waals surface area contributed by atoms with E-state index in [1.54, 1.807) is 0 Å². The molecule has 1 aliphatic carbocycles. The Labute approximate surface area is 125 Å². The summed E-state index contributed by atoms with van der Waals surface area (Å²) in [7, 11) is 0. The van der Waals surface area contributed by atoms with Gasteiger partial charge in [-0.05, 0) is 31.9 Å². The fourth-order valence-electron chi connectivity index (χ4n) is 2.18. The molecule has 1 fully saturated rings. The van der Waals surface area contributed by atoms with Crippen LogP contribution in [0.3, 0.4) is 0 Å². The first-order valence-electron chi connectivity index (χ1n) is 7.53. The molecular formula is C17H21N3O. The third kappa shape index (κ3) is 4.26. The first kappa shape index (κ1) is 14.0. The van der Waals surface area contributed by atoms with Gasteiger partial charge in [0.05, 0.1) is 6.61 Å². The summed E-state index contributed by atoms with van der Waals surface area (Å²) in [6, 6.07) is 8.66. The summed E-state index contributed by atoms with van der Waals surface area (Å²) in [4.78, 5) is 8.69. The zero-order valence-corrected chi connectivity index (χ0v) is 12.4. The zero-order chi connectivity index (χ0) is 14.5. The molecule has 0 radical (unpaired) electrons. The number of nitrogens with one attached hydrogen (secondary N) is 1. The maximum absolute atomic E-state index is 5.95. The molecule has 2 heterocycles. The highest BCUT2D eigenvalue weighted by Gasteiger charge is 2.20. The summed E-state index contributed by atoms with van der Waals surface area (Å²) in [6.45, 7) is 3.46. The molecule has 0 amide bonds. The van der Waals surface area contributed by atoms with Crippen LogP contribution >= 0.6 is 0 Å². The lowest BCUT2D eigenvalue weighted by molar-refractivity contribution is 0.315. The minimum absolute atomic E-state index is 0.636. The van der Waals surface area contributed by atoms with Gasteiger partial charge in [-0.2, -0.15) is 0 Å². The fourth-order valence-corrected chi connectivity index (χ4v) is 2.18. The molecule has 0 saturated heterocycles. The fraction of sp³-hybridized carbons (Fsp3) is 0.412. The minimum Gasteiger partial charge on any atom is -0.493 e. The van der Waals surface area contributed by atoms with Crippen molar-refractivity contribution in [1.29, 1.82) is 0 Å². The van der Waals surface area contributed by atoms with Crippen molar-refractivity contribution in [1.82, 2.24) is 15.3 Å². The van der Waals surface area contributed by atoms with Crippen molar-refractivity contribution in [3.8, 4) is 5.75 Å². The minimum atomic E-state index is 0.636. The molecule has 0 bridgehead atoms. The maximum Gasteiger partial charge on any atom is 0.127 e. The summed E-state index contributed by atoms with van der Waals surface area (Å²) in [5.41, 5.74) is 3.17. The van der Waals surface area contributed by atoms with Gasteiger partial charge in [0.25, 0.3) is 0 Å². The molecule has 4 nitrogen and oxygen atoms in total.